The summed E-state index contributed by atoms with van der Waals surface area (Å²) >= 11 is 0. The molecule has 0 fully saturated rings. The normalized spacial score (nSPS) is 12.4. The quantitative estimate of drug-likeness (QED) is 0.396. The van der Waals surface area contributed by atoms with E-state index in [2.05, 4.69) is 0 Å². The summed E-state index contributed by atoms with van der Waals surface area (Å²) < 4.78 is 15.9. The van der Waals surface area contributed by atoms with Gasteiger partial charge in [0.05, 0.1) is 11.1 Å². The van der Waals surface area contributed by atoms with Gasteiger partial charge in [0.1, 0.15) is 12.2 Å². The fourth-order valence-corrected chi connectivity index (χ4v) is 3.21. The van der Waals surface area contributed by atoms with Crippen LogP contribution in [0, 0.1) is 0 Å². The minimum Gasteiger partial charge on any atom is -0.478 e. The Morgan fingerprint density at radius 3 is 1.66 bits per heavy atom. The van der Waals surface area contributed by atoms with Crippen LogP contribution < -0.4 is 0 Å². The van der Waals surface area contributed by atoms with E-state index in [-0.39, 0.29) is 24.0 Å². The number of hydrogen-bond acceptors (Lipinski definition) is 7. The number of ether oxygens (including phenoxy) is 3. The zero-order valence-electron chi connectivity index (χ0n) is 17.6. The standard InChI is InChI=1S/C23H24O9/c1-14(24)30-13-31-20(11-16-7-3-5-9-18(16)22(26)27)21(32-15(2)25)12-17-8-4-6-10-19(17)23(28)29/h3-10,20-21H,11-13H2,1-2H3,(H,26,27)(H,28,29). The molecule has 32 heavy (non-hydrogen) atoms. The van der Waals surface area contributed by atoms with E-state index >= 15 is 0 Å². The SMILES string of the molecule is CC(=O)OCOC(Cc1ccccc1C(=O)O)C(Cc1ccccc1C(=O)O)OC(C)=O. The van der Waals surface area contributed by atoms with Gasteiger partial charge in [-0.05, 0) is 23.3 Å². The average molecular weight is 444 g/mol. The van der Waals surface area contributed by atoms with Gasteiger partial charge in [-0.15, -0.1) is 0 Å². The van der Waals surface area contributed by atoms with Crippen molar-refractivity contribution < 1.29 is 43.6 Å². The number of carboxylic acids is 2. The Balaban J connectivity index is 2.41. The van der Waals surface area contributed by atoms with Crippen LogP contribution in [0.15, 0.2) is 48.5 Å². The van der Waals surface area contributed by atoms with Gasteiger partial charge in [-0.3, -0.25) is 9.59 Å². The van der Waals surface area contributed by atoms with E-state index < -0.39 is 42.9 Å². The molecule has 2 rings (SSSR count). The van der Waals surface area contributed by atoms with Gasteiger partial charge in [0.15, 0.2) is 6.79 Å². The number of aromatic carboxylic acids is 2. The van der Waals surface area contributed by atoms with Crippen molar-refractivity contribution >= 4 is 23.9 Å². The molecule has 0 bridgehead atoms. The second-order valence-electron chi connectivity index (χ2n) is 6.94. The summed E-state index contributed by atoms with van der Waals surface area (Å²) in [4.78, 5) is 46.2. The fourth-order valence-electron chi connectivity index (χ4n) is 3.21. The molecule has 0 radical (unpaired) electrons. The minimum absolute atomic E-state index is 0.0108. The van der Waals surface area contributed by atoms with Gasteiger partial charge < -0.3 is 24.4 Å². The second-order valence-corrected chi connectivity index (χ2v) is 6.94. The number of carboxylic acid groups (broad SMARTS) is 2. The van der Waals surface area contributed by atoms with Gasteiger partial charge >= 0.3 is 23.9 Å². The lowest BCUT2D eigenvalue weighted by atomic mass is 9.94. The summed E-state index contributed by atoms with van der Waals surface area (Å²) in [6, 6.07) is 12.5. The highest BCUT2D eigenvalue weighted by molar-refractivity contribution is 5.90. The zero-order valence-corrected chi connectivity index (χ0v) is 17.6. The number of carbonyl (C=O) groups excluding carboxylic acids is 2. The van der Waals surface area contributed by atoms with Crippen molar-refractivity contribution in [3.8, 4) is 0 Å². The Labute approximate surface area is 184 Å². The largest absolute Gasteiger partial charge is 0.478 e. The lowest BCUT2D eigenvalue weighted by Crippen LogP contribution is -2.38. The van der Waals surface area contributed by atoms with Crippen LogP contribution in [0.2, 0.25) is 0 Å². The predicted molar refractivity (Wildman–Crippen MR) is 111 cm³/mol. The van der Waals surface area contributed by atoms with Crippen molar-refractivity contribution in [2.45, 2.75) is 38.9 Å². The highest BCUT2D eigenvalue weighted by atomic mass is 16.7. The van der Waals surface area contributed by atoms with Crippen molar-refractivity contribution in [2.24, 2.45) is 0 Å². The Bertz CT molecular complexity index is 983. The number of benzene rings is 2. The first-order valence-corrected chi connectivity index (χ1v) is 9.73. The van der Waals surface area contributed by atoms with Crippen LogP contribution >= 0.6 is 0 Å². The Morgan fingerprint density at radius 2 is 1.22 bits per heavy atom. The van der Waals surface area contributed by atoms with Crippen molar-refractivity contribution in [3.05, 3.63) is 70.8 Å². The first-order valence-electron chi connectivity index (χ1n) is 9.73. The molecule has 0 aliphatic rings. The molecule has 0 aromatic heterocycles. The molecule has 2 atom stereocenters. The van der Waals surface area contributed by atoms with E-state index in [1.54, 1.807) is 36.4 Å². The fraction of sp³-hybridized carbons (Fsp3) is 0.304. The van der Waals surface area contributed by atoms with Crippen LogP contribution in [-0.2, 0) is 36.6 Å². The number of esters is 2. The minimum atomic E-state index is -1.14. The smallest absolute Gasteiger partial charge is 0.335 e. The Morgan fingerprint density at radius 1 is 0.750 bits per heavy atom. The number of hydrogen-bond donors (Lipinski definition) is 2. The van der Waals surface area contributed by atoms with E-state index in [0.29, 0.717) is 11.1 Å². The van der Waals surface area contributed by atoms with Crippen LogP contribution in [0.3, 0.4) is 0 Å². The first kappa shape index (κ1) is 24.5. The molecule has 0 saturated carbocycles. The van der Waals surface area contributed by atoms with Crippen molar-refractivity contribution in [1.29, 1.82) is 0 Å². The molecule has 0 saturated heterocycles. The van der Waals surface area contributed by atoms with Gasteiger partial charge in [-0.1, -0.05) is 36.4 Å². The molecular weight excluding hydrogens is 420 g/mol. The van der Waals surface area contributed by atoms with Crippen LogP contribution in [-0.4, -0.2) is 53.1 Å². The monoisotopic (exact) mass is 444 g/mol. The highest BCUT2D eigenvalue weighted by Gasteiger charge is 2.29. The molecule has 0 heterocycles. The van der Waals surface area contributed by atoms with Crippen LogP contribution in [0.4, 0.5) is 0 Å². The maximum absolute atomic E-state index is 11.8. The Kier molecular flexibility index (Phi) is 8.91. The Hall–Kier alpha value is -3.72. The van der Waals surface area contributed by atoms with Crippen molar-refractivity contribution in [3.63, 3.8) is 0 Å². The summed E-state index contributed by atoms with van der Waals surface area (Å²) in [5, 5.41) is 19.0. The van der Waals surface area contributed by atoms with Crippen LogP contribution in [0.25, 0.3) is 0 Å². The third-order valence-electron chi connectivity index (χ3n) is 4.61. The molecule has 9 nitrogen and oxygen atoms in total. The van der Waals surface area contributed by atoms with Crippen molar-refractivity contribution in [2.75, 3.05) is 6.79 Å². The topological polar surface area (TPSA) is 136 Å². The third kappa shape index (κ3) is 7.21. The molecule has 0 amide bonds. The highest BCUT2D eigenvalue weighted by Crippen LogP contribution is 2.21. The second kappa shape index (κ2) is 11.6. The summed E-state index contributed by atoms with van der Waals surface area (Å²) in [6.07, 6.45) is -1.91. The zero-order chi connectivity index (χ0) is 23.7. The molecule has 9 heteroatoms. The van der Waals surface area contributed by atoms with Crippen molar-refractivity contribution in [1.82, 2.24) is 0 Å². The van der Waals surface area contributed by atoms with E-state index in [9.17, 15) is 29.4 Å². The molecule has 2 aromatic carbocycles. The summed E-state index contributed by atoms with van der Waals surface area (Å²) in [5.41, 5.74) is 0.894. The summed E-state index contributed by atoms with van der Waals surface area (Å²) in [7, 11) is 0. The lowest BCUT2D eigenvalue weighted by molar-refractivity contribution is -0.174. The molecule has 2 N–H and O–H groups in total. The third-order valence-corrected chi connectivity index (χ3v) is 4.61. The van der Waals surface area contributed by atoms with Gasteiger partial charge in [0.25, 0.3) is 0 Å². The molecule has 0 spiro atoms. The number of carbonyl (C=O) groups is 4. The van der Waals surface area contributed by atoms with Gasteiger partial charge in [0, 0.05) is 26.7 Å². The van der Waals surface area contributed by atoms with E-state index in [1.165, 1.54) is 26.0 Å². The molecule has 0 aliphatic carbocycles. The predicted octanol–water partition coefficient (Wildman–Crippen LogP) is 2.71. The van der Waals surface area contributed by atoms with Gasteiger partial charge in [-0.2, -0.15) is 0 Å². The molecule has 2 unspecified atom stereocenters. The van der Waals surface area contributed by atoms with E-state index in [4.69, 9.17) is 14.2 Å². The maximum Gasteiger partial charge on any atom is 0.335 e. The van der Waals surface area contributed by atoms with E-state index in [1.807, 2.05) is 0 Å². The maximum atomic E-state index is 11.8. The lowest BCUT2D eigenvalue weighted by Gasteiger charge is -2.28. The summed E-state index contributed by atoms with van der Waals surface area (Å²) in [5.74, 6) is -3.50. The average Bonchev–Trinajstić information content (AvgIpc) is 2.72. The van der Waals surface area contributed by atoms with Crippen LogP contribution in [0.5, 0.6) is 0 Å². The summed E-state index contributed by atoms with van der Waals surface area (Å²) in [6.45, 7) is 1.95. The molecule has 170 valence electrons. The van der Waals surface area contributed by atoms with E-state index in [0.717, 1.165) is 0 Å². The number of rotatable bonds is 11. The molecular formula is C23H24O9. The molecule has 0 aliphatic heterocycles. The van der Waals surface area contributed by atoms with Gasteiger partial charge in [0.2, 0.25) is 0 Å². The molecule has 2 aromatic rings. The van der Waals surface area contributed by atoms with Gasteiger partial charge in [-0.25, -0.2) is 9.59 Å². The van der Waals surface area contributed by atoms with Crippen LogP contribution in [0.1, 0.15) is 45.7 Å². The first-order chi connectivity index (χ1) is 15.2.